The van der Waals surface area contributed by atoms with E-state index in [1.54, 1.807) is 0 Å². The SMILES string of the molecule is CC(C)[C@@H]1CC[C@@H](C)C[C@H]1OC(=O)[C@H]1[C@@H](C(=O)OC(C)(C)C)[C@H]2C=C[C@@H]1C2. The molecule has 0 N–H and O–H groups in total. The Morgan fingerprint density at radius 2 is 1.56 bits per heavy atom. The molecule has 0 saturated heterocycles. The van der Waals surface area contributed by atoms with Gasteiger partial charge in [0.1, 0.15) is 11.7 Å². The topological polar surface area (TPSA) is 52.6 Å². The van der Waals surface area contributed by atoms with Gasteiger partial charge in [-0.3, -0.25) is 9.59 Å². The predicted molar refractivity (Wildman–Crippen MR) is 105 cm³/mol. The highest BCUT2D eigenvalue weighted by Crippen LogP contribution is 2.50. The van der Waals surface area contributed by atoms with E-state index in [1.165, 1.54) is 6.42 Å². The minimum atomic E-state index is -0.543. The Morgan fingerprint density at radius 3 is 2.11 bits per heavy atom. The summed E-state index contributed by atoms with van der Waals surface area (Å²) >= 11 is 0. The first-order chi connectivity index (χ1) is 12.6. The molecular formula is C23H36O4. The van der Waals surface area contributed by atoms with Gasteiger partial charge in [-0.25, -0.2) is 0 Å². The Balaban J connectivity index is 1.74. The van der Waals surface area contributed by atoms with E-state index in [2.05, 4.69) is 32.9 Å². The van der Waals surface area contributed by atoms with Crippen LogP contribution in [0, 0.1) is 41.4 Å². The molecule has 0 aromatic rings. The number of carbonyl (C=O) groups excluding carboxylic acids is 2. The van der Waals surface area contributed by atoms with Gasteiger partial charge in [-0.05, 0) is 69.6 Å². The highest BCUT2D eigenvalue weighted by Gasteiger charge is 2.54. The number of ether oxygens (including phenoxy) is 2. The first-order valence-corrected chi connectivity index (χ1v) is 10.7. The third-order valence-corrected chi connectivity index (χ3v) is 6.64. The van der Waals surface area contributed by atoms with E-state index in [1.807, 2.05) is 20.8 Å². The lowest BCUT2D eigenvalue weighted by atomic mass is 9.75. The zero-order chi connectivity index (χ0) is 19.9. The molecule has 0 aliphatic heterocycles. The Morgan fingerprint density at radius 1 is 0.963 bits per heavy atom. The zero-order valence-corrected chi connectivity index (χ0v) is 17.7. The lowest BCUT2D eigenvalue weighted by molar-refractivity contribution is -0.174. The third kappa shape index (κ3) is 4.41. The van der Waals surface area contributed by atoms with Crippen molar-refractivity contribution >= 4 is 11.9 Å². The molecule has 0 aromatic carbocycles. The van der Waals surface area contributed by atoms with Crippen LogP contribution < -0.4 is 0 Å². The standard InChI is InChI=1S/C23H36O4/c1-13(2)17-10-7-14(3)11-18(17)26-21(24)19-15-8-9-16(12-15)20(19)22(25)27-23(4,5)6/h8-9,13-20H,7,10-12H2,1-6H3/t14-,15-,16+,17+,18-,19-,20+/m1/s1. The molecule has 3 aliphatic carbocycles. The number of rotatable bonds is 4. The maximum absolute atomic E-state index is 13.2. The smallest absolute Gasteiger partial charge is 0.310 e. The zero-order valence-electron chi connectivity index (χ0n) is 17.7. The van der Waals surface area contributed by atoms with Crippen molar-refractivity contribution in [2.24, 2.45) is 41.4 Å². The Labute approximate surface area is 164 Å². The molecule has 27 heavy (non-hydrogen) atoms. The number of hydrogen-bond acceptors (Lipinski definition) is 4. The summed E-state index contributed by atoms with van der Waals surface area (Å²) in [4.78, 5) is 26.0. The number of allylic oxidation sites excluding steroid dienone is 2. The first-order valence-electron chi connectivity index (χ1n) is 10.7. The Hall–Kier alpha value is -1.32. The van der Waals surface area contributed by atoms with E-state index in [0.717, 1.165) is 19.3 Å². The molecule has 2 fully saturated rings. The van der Waals surface area contributed by atoms with E-state index < -0.39 is 11.5 Å². The monoisotopic (exact) mass is 376 g/mol. The molecule has 3 aliphatic rings. The minimum Gasteiger partial charge on any atom is -0.462 e. The largest absolute Gasteiger partial charge is 0.462 e. The normalized spacial score (nSPS) is 38.3. The molecule has 0 unspecified atom stereocenters. The van der Waals surface area contributed by atoms with E-state index >= 15 is 0 Å². The van der Waals surface area contributed by atoms with Crippen LogP contribution in [0.15, 0.2) is 12.2 Å². The molecule has 2 saturated carbocycles. The Kier molecular flexibility index (Phi) is 5.74. The summed E-state index contributed by atoms with van der Waals surface area (Å²) in [5, 5.41) is 0. The maximum atomic E-state index is 13.2. The van der Waals surface area contributed by atoms with Gasteiger partial charge in [0, 0.05) is 0 Å². The summed E-state index contributed by atoms with van der Waals surface area (Å²) in [7, 11) is 0. The van der Waals surface area contributed by atoms with Crippen molar-refractivity contribution in [3.05, 3.63) is 12.2 Å². The van der Waals surface area contributed by atoms with Crippen LogP contribution in [0.25, 0.3) is 0 Å². The molecular weight excluding hydrogens is 340 g/mol. The molecule has 152 valence electrons. The lowest BCUT2D eigenvalue weighted by Crippen LogP contribution is -2.42. The van der Waals surface area contributed by atoms with Crippen molar-refractivity contribution in [2.45, 2.75) is 78.9 Å². The van der Waals surface area contributed by atoms with Gasteiger partial charge < -0.3 is 9.47 Å². The van der Waals surface area contributed by atoms with Crippen molar-refractivity contribution in [3.63, 3.8) is 0 Å². The van der Waals surface area contributed by atoms with Gasteiger partial charge in [-0.2, -0.15) is 0 Å². The van der Waals surface area contributed by atoms with Crippen LogP contribution >= 0.6 is 0 Å². The fourth-order valence-electron chi connectivity index (χ4n) is 5.31. The van der Waals surface area contributed by atoms with Crippen LogP contribution in [-0.2, 0) is 19.1 Å². The summed E-state index contributed by atoms with van der Waals surface area (Å²) in [6.07, 6.45) is 8.27. The summed E-state index contributed by atoms with van der Waals surface area (Å²) < 4.78 is 11.7. The predicted octanol–water partition coefficient (Wildman–Crippen LogP) is 4.77. The van der Waals surface area contributed by atoms with Gasteiger partial charge in [0.2, 0.25) is 0 Å². The van der Waals surface area contributed by atoms with Gasteiger partial charge >= 0.3 is 11.9 Å². The van der Waals surface area contributed by atoms with Gasteiger partial charge in [0.05, 0.1) is 11.8 Å². The van der Waals surface area contributed by atoms with Crippen molar-refractivity contribution < 1.29 is 19.1 Å². The highest BCUT2D eigenvalue weighted by molar-refractivity contribution is 5.84. The van der Waals surface area contributed by atoms with E-state index in [0.29, 0.717) is 17.8 Å². The van der Waals surface area contributed by atoms with Crippen LogP contribution in [0.3, 0.4) is 0 Å². The fraction of sp³-hybridized carbons (Fsp3) is 0.826. The molecule has 3 rings (SSSR count). The van der Waals surface area contributed by atoms with Crippen molar-refractivity contribution in [1.82, 2.24) is 0 Å². The van der Waals surface area contributed by atoms with E-state index in [9.17, 15) is 9.59 Å². The van der Waals surface area contributed by atoms with Crippen molar-refractivity contribution in [3.8, 4) is 0 Å². The highest BCUT2D eigenvalue weighted by atomic mass is 16.6. The van der Waals surface area contributed by atoms with Crippen LogP contribution in [0.5, 0.6) is 0 Å². The number of esters is 2. The summed E-state index contributed by atoms with van der Waals surface area (Å²) in [5.41, 5.74) is -0.543. The number of hydrogen-bond donors (Lipinski definition) is 0. The first kappa shape index (κ1) is 20.4. The number of carbonyl (C=O) groups is 2. The second-order valence-electron chi connectivity index (χ2n) is 10.3. The third-order valence-electron chi connectivity index (χ3n) is 6.64. The van der Waals surface area contributed by atoms with Crippen LogP contribution in [0.1, 0.15) is 67.2 Å². The fourth-order valence-corrected chi connectivity index (χ4v) is 5.31. The van der Waals surface area contributed by atoms with Gasteiger partial charge in [0.25, 0.3) is 0 Å². The molecule has 2 bridgehead atoms. The van der Waals surface area contributed by atoms with Gasteiger partial charge in [-0.1, -0.05) is 39.3 Å². The van der Waals surface area contributed by atoms with Crippen molar-refractivity contribution in [2.75, 3.05) is 0 Å². The number of fused-ring (bicyclic) bond motifs is 2. The molecule has 4 heteroatoms. The molecule has 4 nitrogen and oxygen atoms in total. The molecule has 0 amide bonds. The van der Waals surface area contributed by atoms with Gasteiger partial charge in [-0.15, -0.1) is 0 Å². The molecule has 0 spiro atoms. The van der Waals surface area contributed by atoms with E-state index in [-0.39, 0.29) is 35.8 Å². The summed E-state index contributed by atoms with van der Waals surface area (Å²) in [6, 6.07) is 0. The Bertz CT molecular complexity index is 600. The second-order valence-corrected chi connectivity index (χ2v) is 10.3. The van der Waals surface area contributed by atoms with Crippen molar-refractivity contribution in [1.29, 1.82) is 0 Å². The molecule has 7 atom stereocenters. The van der Waals surface area contributed by atoms with Crippen LogP contribution in [0.4, 0.5) is 0 Å². The average Bonchev–Trinajstić information content (AvgIpc) is 3.13. The molecule has 0 heterocycles. The van der Waals surface area contributed by atoms with Crippen LogP contribution in [0.2, 0.25) is 0 Å². The summed E-state index contributed by atoms with van der Waals surface area (Å²) in [5.74, 6) is 0.485. The lowest BCUT2D eigenvalue weighted by Gasteiger charge is -2.38. The van der Waals surface area contributed by atoms with E-state index in [4.69, 9.17) is 9.47 Å². The maximum Gasteiger partial charge on any atom is 0.310 e. The minimum absolute atomic E-state index is 0.0244. The quantitative estimate of drug-likeness (QED) is 0.524. The van der Waals surface area contributed by atoms with Gasteiger partial charge in [0.15, 0.2) is 0 Å². The second kappa shape index (κ2) is 7.60. The molecule has 0 aromatic heterocycles. The van der Waals surface area contributed by atoms with Crippen LogP contribution in [-0.4, -0.2) is 23.6 Å². The average molecular weight is 377 g/mol. The summed E-state index contributed by atoms with van der Waals surface area (Å²) in [6.45, 7) is 12.3. The molecule has 0 radical (unpaired) electrons.